The van der Waals surface area contributed by atoms with Crippen LogP contribution in [-0.4, -0.2) is 16.8 Å². The summed E-state index contributed by atoms with van der Waals surface area (Å²) in [6.45, 7) is 0. The molecule has 0 radical (unpaired) electrons. The second kappa shape index (κ2) is 5.12. The van der Waals surface area contributed by atoms with E-state index in [4.69, 9.17) is 0 Å². The standard InChI is InChI=1S/C11H14BrN3S/c1-13-11(10-3-4-15(2)14-10)6-9-5-8(12)7-16-9/h3-5,7,11,13H,6H2,1-2H3. The van der Waals surface area contributed by atoms with Crippen LogP contribution in [0.5, 0.6) is 0 Å². The first kappa shape index (κ1) is 11.8. The average molecular weight is 300 g/mol. The van der Waals surface area contributed by atoms with Crippen molar-refractivity contribution in [2.45, 2.75) is 12.5 Å². The first-order valence-electron chi connectivity index (χ1n) is 5.09. The van der Waals surface area contributed by atoms with Gasteiger partial charge in [0.1, 0.15) is 0 Å². The molecule has 2 heterocycles. The van der Waals surface area contributed by atoms with E-state index < -0.39 is 0 Å². The number of likely N-dealkylation sites (N-methyl/N-ethyl adjacent to an activating group) is 1. The van der Waals surface area contributed by atoms with Crippen molar-refractivity contribution in [3.63, 3.8) is 0 Å². The molecule has 0 bridgehead atoms. The quantitative estimate of drug-likeness (QED) is 0.941. The van der Waals surface area contributed by atoms with Crippen LogP contribution in [0.15, 0.2) is 28.2 Å². The molecule has 5 heteroatoms. The monoisotopic (exact) mass is 299 g/mol. The van der Waals surface area contributed by atoms with Crippen LogP contribution in [0.1, 0.15) is 16.6 Å². The number of halogens is 1. The van der Waals surface area contributed by atoms with Crippen molar-refractivity contribution in [1.29, 1.82) is 0 Å². The van der Waals surface area contributed by atoms with Crippen LogP contribution >= 0.6 is 27.3 Å². The zero-order chi connectivity index (χ0) is 11.5. The summed E-state index contributed by atoms with van der Waals surface area (Å²) in [5.74, 6) is 0. The van der Waals surface area contributed by atoms with E-state index in [0.29, 0.717) is 0 Å². The fourth-order valence-electron chi connectivity index (χ4n) is 1.64. The van der Waals surface area contributed by atoms with Gasteiger partial charge in [0.15, 0.2) is 0 Å². The summed E-state index contributed by atoms with van der Waals surface area (Å²) in [7, 11) is 3.92. The van der Waals surface area contributed by atoms with E-state index in [1.54, 1.807) is 11.3 Å². The third-order valence-corrected chi connectivity index (χ3v) is 4.19. The van der Waals surface area contributed by atoms with Crippen molar-refractivity contribution in [1.82, 2.24) is 15.1 Å². The first-order chi connectivity index (χ1) is 7.69. The van der Waals surface area contributed by atoms with Gasteiger partial charge in [0, 0.05) is 34.4 Å². The molecule has 2 rings (SSSR count). The van der Waals surface area contributed by atoms with Crippen molar-refractivity contribution in [2.24, 2.45) is 7.05 Å². The molecule has 16 heavy (non-hydrogen) atoms. The first-order valence-corrected chi connectivity index (χ1v) is 6.76. The van der Waals surface area contributed by atoms with Crippen molar-refractivity contribution >= 4 is 27.3 Å². The highest BCUT2D eigenvalue weighted by Crippen LogP contribution is 2.24. The Kier molecular flexibility index (Phi) is 3.78. The summed E-state index contributed by atoms with van der Waals surface area (Å²) in [6, 6.07) is 4.51. The van der Waals surface area contributed by atoms with Crippen LogP contribution in [0.25, 0.3) is 0 Å². The molecule has 0 saturated heterocycles. The predicted octanol–water partition coefficient (Wildman–Crippen LogP) is 2.75. The van der Waals surface area contributed by atoms with E-state index in [-0.39, 0.29) is 6.04 Å². The third kappa shape index (κ3) is 2.72. The number of rotatable bonds is 4. The minimum atomic E-state index is 0.284. The molecule has 0 aliphatic rings. The van der Waals surface area contributed by atoms with Crippen molar-refractivity contribution < 1.29 is 0 Å². The molecular formula is C11H14BrN3S. The van der Waals surface area contributed by atoms with Crippen molar-refractivity contribution in [3.05, 3.63) is 38.8 Å². The smallest absolute Gasteiger partial charge is 0.0797 e. The molecule has 2 aromatic heterocycles. The summed E-state index contributed by atoms with van der Waals surface area (Å²) in [6.07, 6.45) is 2.95. The van der Waals surface area contributed by atoms with Gasteiger partial charge in [-0.25, -0.2) is 0 Å². The van der Waals surface area contributed by atoms with Gasteiger partial charge < -0.3 is 5.32 Å². The molecule has 0 fully saturated rings. The van der Waals surface area contributed by atoms with Gasteiger partial charge in [-0.15, -0.1) is 11.3 Å². The highest BCUT2D eigenvalue weighted by Gasteiger charge is 2.13. The Labute approximate surface area is 108 Å². The number of hydrogen-bond acceptors (Lipinski definition) is 3. The molecule has 0 spiro atoms. The van der Waals surface area contributed by atoms with Crippen LogP contribution in [-0.2, 0) is 13.5 Å². The molecule has 1 N–H and O–H groups in total. The molecule has 0 saturated carbocycles. The van der Waals surface area contributed by atoms with E-state index in [1.165, 1.54) is 4.88 Å². The van der Waals surface area contributed by atoms with Crippen LogP contribution in [0.3, 0.4) is 0 Å². The molecule has 1 unspecified atom stereocenters. The van der Waals surface area contributed by atoms with Gasteiger partial charge in [-0.1, -0.05) is 0 Å². The lowest BCUT2D eigenvalue weighted by atomic mass is 10.1. The minimum absolute atomic E-state index is 0.284. The largest absolute Gasteiger partial charge is 0.311 e. The highest BCUT2D eigenvalue weighted by molar-refractivity contribution is 9.10. The lowest BCUT2D eigenvalue weighted by Gasteiger charge is -2.12. The van der Waals surface area contributed by atoms with Crippen LogP contribution < -0.4 is 5.32 Å². The van der Waals surface area contributed by atoms with Crippen LogP contribution in [0.2, 0.25) is 0 Å². The van der Waals surface area contributed by atoms with Gasteiger partial charge in [0.05, 0.1) is 11.7 Å². The summed E-state index contributed by atoms with van der Waals surface area (Å²) >= 11 is 5.25. The number of nitrogens with zero attached hydrogens (tertiary/aromatic N) is 2. The summed E-state index contributed by atoms with van der Waals surface area (Å²) < 4.78 is 2.99. The van der Waals surface area contributed by atoms with Gasteiger partial charge in [-0.3, -0.25) is 4.68 Å². The topological polar surface area (TPSA) is 29.9 Å². The van der Waals surface area contributed by atoms with E-state index >= 15 is 0 Å². The molecule has 3 nitrogen and oxygen atoms in total. The zero-order valence-electron chi connectivity index (χ0n) is 9.27. The Morgan fingerprint density at radius 1 is 1.62 bits per heavy atom. The fraction of sp³-hybridized carbons (Fsp3) is 0.364. The van der Waals surface area contributed by atoms with Crippen LogP contribution in [0, 0.1) is 0 Å². The third-order valence-electron chi connectivity index (χ3n) is 2.47. The van der Waals surface area contributed by atoms with E-state index in [2.05, 4.69) is 43.9 Å². The SMILES string of the molecule is CNC(Cc1cc(Br)cs1)c1ccn(C)n1. The maximum absolute atomic E-state index is 4.43. The van der Waals surface area contributed by atoms with E-state index in [0.717, 1.165) is 16.6 Å². The summed E-state index contributed by atoms with van der Waals surface area (Å²) in [5.41, 5.74) is 1.09. The Bertz CT molecular complexity index is 463. The van der Waals surface area contributed by atoms with E-state index in [9.17, 15) is 0 Å². The van der Waals surface area contributed by atoms with Crippen molar-refractivity contribution in [3.8, 4) is 0 Å². The zero-order valence-corrected chi connectivity index (χ0v) is 11.7. The Morgan fingerprint density at radius 2 is 2.44 bits per heavy atom. The molecule has 86 valence electrons. The molecule has 0 aliphatic carbocycles. The molecule has 1 atom stereocenters. The maximum Gasteiger partial charge on any atom is 0.0797 e. The summed E-state index contributed by atoms with van der Waals surface area (Å²) in [5, 5.41) is 9.85. The maximum atomic E-state index is 4.43. The summed E-state index contributed by atoms with van der Waals surface area (Å²) in [4.78, 5) is 1.36. The Balaban J connectivity index is 2.12. The van der Waals surface area contributed by atoms with Gasteiger partial charge in [-0.05, 0) is 35.1 Å². The normalized spacial score (nSPS) is 12.9. The Hall–Kier alpha value is -0.650. The number of aryl methyl sites for hydroxylation is 1. The highest BCUT2D eigenvalue weighted by atomic mass is 79.9. The van der Waals surface area contributed by atoms with Crippen molar-refractivity contribution in [2.75, 3.05) is 7.05 Å². The minimum Gasteiger partial charge on any atom is -0.311 e. The fourth-order valence-corrected chi connectivity index (χ4v) is 3.13. The number of thiophene rings is 1. The molecule has 2 aromatic rings. The second-order valence-corrected chi connectivity index (χ2v) is 5.60. The second-order valence-electron chi connectivity index (χ2n) is 3.69. The Morgan fingerprint density at radius 3 is 2.94 bits per heavy atom. The number of aromatic nitrogens is 2. The number of nitrogens with one attached hydrogen (secondary N) is 1. The molecular weight excluding hydrogens is 286 g/mol. The lowest BCUT2D eigenvalue weighted by molar-refractivity contribution is 0.566. The van der Waals surface area contributed by atoms with E-state index in [1.807, 2.05) is 25.0 Å². The van der Waals surface area contributed by atoms with Gasteiger partial charge in [-0.2, -0.15) is 5.10 Å². The molecule has 0 amide bonds. The number of hydrogen-bond donors (Lipinski definition) is 1. The lowest BCUT2D eigenvalue weighted by Crippen LogP contribution is -2.19. The predicted molar refractivity (Wildman–Crippen MR) is 70.7 cm³/mol. The van der Waals surface area contributed by atoms with Crippen LogP contribution in [0.4, 0.5) is 0 Å². The van der Waals surface area contributed by atoms with Gasteiger partial charge in [0.2, 0.25) is 0 Å². The molecule has 0 aromatic carbocycles. The average Bonchev–Trinajstić information content (AvgIpc) is 2.84. The van der Waals surface area contributed by atoms with Gasteiger partial charge >= 0.3 is 0 Å². The molecule has 0 aliphatic heterocycles. The van der Waals surface area contributed by atoms with Gasteiger partial charge in [0.25, 0.3) is 0 Å².